The first-order valence-corrected chi connectivity index (χ1v) is 6.92. The van der Waals surface area contributed by atoms with Gasteiger partial charge >= 0.3 is 6.09 Å². The number of hydrogen-bond acceptors (Lipinski definition) is 2. The Hall–Kier alpha value is -0.250. The third-order valence-electron chi connectivity index (χ3n) is 2.76. The quantitative estimate of drug-likeness (QED) is 0.693. The maximum atomic E-state index is 11.9. The van der Waals surface area contributed by atoms with Crippen LogP contribution in [0.5, 0.6) is 0 Å². The Kier molecular flexibility index (Phi) is 4.27. The molecule has 1 heterocycles. The maximum Gasteiger partial charge on any atom is 0.410 e. The van der Waals surface area contributed by atoms with Gasteiger partial charge < -0.3 is 9.64 Å². The van der Waals surface area contributed by atoms with E-state index in [0.717, 1.165) is 31.3 Å². The van der Waals surface area contributed by atoms with Crippen molar-refractivity contribution in [2.24, 2.45) is 5.41 Å². The van der Waals surface area contributed by atoms with Gasteiger partial charge in [-0.1, -0.05) is 22.9 Å². The molecule has 1 rings (SSSR count). The summed E-state index contributed by atoms with van der Waals surface area (Å²) in [6.07, 6.45) is 2.04. The van der Waals surface area contributed by atoms with Crippen LogP contribution < -0.4 is 0 Å². The number of halogens is 1. The van der Waals surface area contributed by atoms with Crippen LogP contribution in [-0.2, 0) is 4.74 Å². The molecule has 0 radical (unpaired) electrons. The lowest BCUT2D eigenvalue weighted by Crippen LogP contribution is -2.47. The molecule has 0 N–H and O–H groups in total. The number of ether oxygens (including phenoxy) is 1. The Bertz CT molecular complexity index is 262. The topological polar surface area (TPSA) is 29.5 Å². The van der Waals surface area contributed by atoms with Gasteiger partial charge in [0.25, 0.3) is 0 Å². The highest BCUT2D eigenvalue weighted by atomic mass is 79.9. The van der Waals surface area contributed by atoms with Gasteiger partial charge in [-0.15, -0.1) is 0 Å². The molecule has 4 heteroatoms. The fourth-order valence-corrected chi connectivity index (χ4v) is 2.36. The van der Waals surface area contributed by atoms with Gasteiger partial charge in [-0.05, 0) is 39.0 Å². The predicted octanol–water partition coefficient (Wildman–Crippen LogP) is 3.42. The molecule has 0 spiro atoms. The van der Waals surface area contributed by atoms with Crippen molar-refractivity contribution in [3.05, 3.63) is 0 Å². The molecular weight excluding hydrogens is 270 g/mol. The Morgan fingerprint density at radius 3 is 2.62 bits per heavy atom. The lowest BCUT2D eigenvalue weighted by Gasteiger charge is -2.39. The molecular formula is C12H22BrNO2. The Balaban J connectivity index is 2.57. The van der Waals surface area contributed by atoms with Crippen LogP contribution in [0.4, 0.5) is 4.79 Å². The molecule has 0 aromatic carbocycles. The second kappa shape index (κ2) is 4.94. The zero-order valence-electron chi connectivity index (χ0n) is 10.7. The molecule has 0 bridgehead atoms. The average molecular weight is 292 g/mol. The van der Waals surface area contributed by atoms with E-state index in [1.165, 1.54) is 0 Å². The minimum Gasteiger partial charge on any atom is -0.444 e. The van der Waals surface area contributed by atoms with Gasteiger partial charge in [-0.25, -0.2) is 4.79 Å². The number of piperidine rings is 1. The standard InChI is InChI=1S/C12H22BrNO2/c1-11(2,3)16-10(15)14-7-5-6-12(4,8-13)9-14/h5-9H2,1-4H3. The van der Waals surface area contributed by atoms with Gasteiger partial charge in [0, 0.05) is 18.4 Å². The predicted molar refractivity (Wildman–Crippen MR) is 68.9 cm³/mol. The number of amides is 1. The summed E-state index contributed by atoms with van der Waals surface area (Å²) in [6, 6.07) is 0. The molecule has 1 aliphatic heterocycles. The Labute approximate surface area is 107 Å². The smallest absolute Gasteiger partial charge is 0.410 e. The average Bonchev–Trinajstić information content (AvgIpc) is 2.15. The van der Waals surface area contributed by atoms with Crippen LogP contribution in [0.1, 0.15) is 40.5 Å². The number of likely N-dealkylation sites (tertiary alicyclic amines) is 1. The van der Waals surface area contributed by atoms with E-state index in [-0.39, 0.29) is 11.5 Å². The van der Waals surface area contributed by atoms with Crippen molar-refractivity contribution in [2.45, 2.75) is 46.1 Å². The van der Waals surface area contributed by atoms with Crippen molar-refractivity contribution in [3.63, 3.8) is 0 Å². The molecule has 94 valence electrons. The number of hydrogen-bond donors (Lipinski definition) is 0. The molecule has 1 fully saturated rings. The Morgan fingerprint density at radius 1 is 1.50 bits per heavy atom. The SMILES string of the molecule is CC1(CBr)CCCN(C(=O)OC(C)(C)C)C1. The van der Waals surface area contributed by atoms with Gasteiger partial charge in [0.05, 0.1) is 0 Å². The monoisotopic (exact) mass is 291 g/mol. The highest BCUT2D eigenvalue weighted by Gasteiger charge is 2.34. The zero-order valence-corrected chi connectivity index (χ0v) is 12.3. The zero-order chi connectivity index (χ0) is 12.4. The number of rotatable bonds is 1. The fraction of sp³-hybridized carbons (Fsp3) is 0.917. The molecule has 1 unspecified atom stereocenters. The number of nitrogens with zero attached hydrogens (tertiary/aromatic N) is 1. The number of alkyl halides is 1. The first-order valence-electron chi connectivity index (χ1n) is 5.80. The van der Waals surface area contributed by atoms with E-state index < -0.39 is 5.60 Å². The van der Waals surface area contributed by atoms with E-state index in [1.807, 2.05) is 25.7 Å². The second-order valence-corrected chi connectivity index (χ2v) is 6.51. The molecule has 0 aromatic rings. The minimum absolute atomic E-state index is 0.181. The second-order valence-electron chi connectivity index (χ2n) is 5.95. The fourth-order valence-electron chi connectivity index (χ4n) is 1.91. The van der Waals surface area contributed by atoms with Crippen LogP contribution in [0.3, 0.4) is 0 Å². The van der Waals surface area contributed by atoms with Crippen LogP contribution in [0.15, 0.2) is 0 Å². The molecule has 0 aromatic heterocycles. The van der Waals surface area contributed by atoms with E-state index in [1.54, 1.807) is 0 Å². The van der Waals surface area contributed by atoms with Crippen molar-refractivity contribution < 1.29 is 9.53 Å². The van der Waals surface area contributed by atoms with E-state index in [9.17, 15) is 4.79 Å². The Morgan fingerprint density at radius 2 is 2.12 bits per heavy atom. The molecule has 3 nitrogen and oxygen atoms in total. The van der Waals surface area contributed by atoms with Crippen LogP contribution in [0.25, 0.3) is 0 Å². The van der Waals surface area contributed by atoms with Crippen molar-refractivity contribution in [3.8, 4) is 0 Å². The largest absolute Gasteiger partial charge is 0.444 e. The van der Waals surface area contributed by atoms with Gasteiger partial charge in [-0.2, -0.15) is 0 Å². The van der Waals surface area contributed by atoms with Crippen molar-refractivity contribution >= 4 is 22.0 Å². The van der Waals surface area contributed by atoms with E-state index >= 15 is 0 Å². The molecule has 0 saturated carbocycles. The van der Waals surface area contributed by atoms with Gasteiger partial charge in [-0.3, -0.25) is 0 Å². The summed E-state index contributed by atoms with van der Waals surface area (Å²) >= 11 is 3.53. The summed E-state index contributed by atoms with van der Waals surface area (Å²) in [5.41, 5.74) is -0.214. The lowest BCUT2D eigenvalue weighted by atomic mass is 9.84. The number of carbonyl (C=O) groups is 1. The van der Waals surface area contributed by atoms with E-state index in [2.05, 4.69) is 22.9 Å². The van der Waals surface area contributed by atoms with Crippen LogP contribution in [0, 0.1) is 5.41 Å². The minimum atomic E-state index is -0.403. The first kappa shape index (κ1) is 13.8. The molecule has 16 heavy (non-hydrogen) atoms. The third-order valence-corrected chi connectivity index (χ3v) is 4.11. The summed E-state index contributed by atoms with van der Waals surface area (Å²) in [7, 11) is 0. The summed E-state index contributed by atoms with van der Waals surface area (Å²) < 4.78 is 5.39. The normalized spacial score (nSPS) is 26.7. The molecule has 1 atom stereocenters. The lowest BCUT2D eigenvalue weighted by molar-refractivity contribution is 0.00972. The summed E-state index contributed by atoms with van der Waals surface area (Å²) in [5.74, 6) is 0. The van der Waals surface area contributed by atoms with Crippen LogP contribution >= 0.6 is 15.9 Å². The van der Waals surface area contributed by atoms with Gasteiger partial charge in [0.2, 0.25) is 0 Å². The van der Waals surface area contributed by atoms with Crippen molar-refractivity contribution in [1.82, 2.24) is 4.90 Å². The molecule has 1 amide bonds. The number of carbonyl (C=O) groups excluding carboxylic acids is 1. The van der Waals surface area contributed by atoms with Crippen molar-refractivity contribution in [1.29, 1.82) is 0 Å². The van der Waals surface area contributed by atoms with Crippen LogP contribution in [0.2, 0.25) is 0 Å². The first-order chi connectivity index (χ1) is 7.26. The highest BCUT2D eigenvalue weighted by molar-refractivity contribution is 9.09. The summed E-state index contributed by atoms with van der Waals surface area (Å²) in [6.45, 7) is 9.51. The summed E-state index contributed by atoms with van der Waals surface area (Å²) in [4.78, 5) is 13.7. The molecule has 1 saturated heterocycles. The van der Waals surface area contributed by atoms with Crippen LogP contribution in [-0.4, -0.2) is 35.0 Å². The molecule has 0 aliphatic carbocycles. The maximum absolute atomic E-state index is 11.9. The third kappa shape index (κ3) is 3.96. The highest BCUT2D eigenvalue weighted by Crippen LogP contribution is 2.31. The van der Waals surface area contributed by atoms with E-state index in [4.69, 9.17) is 4.74 Å². The molecule has 1 aliphatic rings. The summed E-state index contributed by atoms with van der Waals surface area (Å²) in [5, 5.41) is 0.930. The van der Waals surface area contributed by atoms with Gasteiger partial charge in [0.15, 0.2) is 0 Å². The van der Waals surface area contributed by atoms with Crippen molar-refractivity contribution in [2.75, 3.05) is 18.4 Å². The van der Waals surface area contributed by atoms with E-state index in [0.29, 0.717) is 0 Å². The van der Waals surface area contributed by atoms with Gasteiger partial charge in [0.1, 0.15) is 5.60 Å².